The first kappa shape index (κ1) is 17.7. The molecule has 7 heteroatoms. The molecule has 2 N–H and O–H groups in total. The van der Waals surface area contributed by atoms with Gasteiger partial charge in [-0.2, -0.15) is 0 Å². The molecule has 0 saturated heterocycles. The van der Waals surface area contributed by atoms with Crippen LogP contribution in [-0.2, 0) is 22.9 Å². The molecule has 0 spiro atoms. The van der Waals surface area contributed by atoms with E-state index in [0.29, 0.717) is 0 Å². The Morgan fingerprint density at radius 2 is 1.84 bits per heavy atom. The van der Waals surface area contributed by atoms with Gasteiger partial charge in [0.05, 0.1) is 6.04 Å². The lowest BCUT2D eigenvalue weighted by molar-refractivity contribution is 0.0906. The quantitative estimate of drug-likeness (QED) is 0.855. The van der Waals surface area contributed by atoms with E-state index >= 15 is 0 Å². The normalized spacial score (nSPS) is 15.4. The highest BCUT2D eigenvalue weighted by atomic mass is 32.2. The highest BCUT2D eigenvalue weighted by Gasteiger charge is 2.21. The van der Waals surface area contributed by atoms with Crippen molar-refractivity contribution in [3.05, 3.63) is 52.8 Å². The Morgan fingerprint density at radius 3 is 2.56 bits per heavy atom. The number of fused-ring (bicyclic) bond motifs is 1. The zero-order valence-corrected chi connectivity index (χ0v) is 15.2. The van der Waals surface area contributed by atoms with Crippen LogP contribution in [0.1, 0.15) is 53.1 Å². The van der Waals surface area contributed by atoms with Crippen molar-refractivity contribution in [1.82, 2.24) is 10.0 Å². The zero-order chi connectivity index (χ0) is 18.0. The van der Waals surface area contributed by atoms with Crippen molar-refractivity contribution in [3.63, 3.8) is 0 Å². The number of hydrogen-bond donors (Lipinski definition) is 2. The molecule has 0 fully saturated rings. The van der Waals surface area contributed by atoms with Crippen molar-refractivity contribution in [3.8, 4) is 0 Å². The van der Waals surface area contributed by atoms with Crippen LogP contribution >= 0.6 is 0 Å². The molecule has 0 bridgehead atoms. The maximum atomic E-state index is 12.3. The predicted octanol–water partition coefficient (Wildman–Crippen LogP) is 2.56. The van der Waals surface area contributed by atoms with Gasteiger partial charge in [0.15, 0.2) is 5.76 Å². The Hall–Kier alpha value is -2.12. The van der Waals surface area contributed by atoms with E-state index in [2.05, 4.69) is 22.2 Å². The number of carbonyl (C=O) groups excluding carboxylic acids is 1. The third-order valence-electron chi connectivity index (χ3n) is 4.56. The molecule has 1 aliphatic rings. The van der Waals surface area contributed by atoms with Crippen LogP contribution in [0.25, 0.3) is 0 Å². The minimum absolute atomic E-state index is 0.0290. The predicted molar refractivity (Wildman–Crippen MR) is 93.9 cm³/mol. The summed E-state index contributed by atoms with van der Waals surface area (Å²) in [5.41, 5.74) is 3.77. The second-order valence-electron chi connectivity index (χ2n) is 6.26. The van der Waals surface area contributed by atoms with Gasteiger partial charge in [-0.15, -0.1) is 0 Å². The van der Waals surface area contributed by atoms with E-state index in [4.69, 9.17) is 4.42 Å². The minimum atomic E-state index is -3.70. The summed E-state index contributed by atoms with van der Waals surface area (Å²) in [5.74, 6) is -0.471. The fourth-order valence-corrected chi connectivity index (χ4v) is 3.71. The molecule has 25 heavy (non-hydrogen) atoms. The number of benzene rings is 1. The maximum absolute atomic E-state index is 12.3. The number of hydrogen-bond acceptors (Lipinski definition) is 4. The molecule has 0 saturated carbocycles. The van der Waals surface area contributed by atoms with Crippen LogP contribution in [0.15, 0.2) is 39.8 Å². The summed E-state index contributed by atoms with van der Waals surface area (Å²) in [6.45, 7) is 1.90. The first-order valence-electron chi connectivity index (χ1n) is 8.36. The van der Waals surface area contributed by atoms with E-state index in [9.17, 15) is 13.2 Å². The maximum Gasteiger partial charge on any atom is 0.287 e. The van der Waals surface area contributed by atoms with Crippen LogP contribution in [0, 0.1) is 0 Å². The monoisotopic (exact) mass is 362 g/mol. The Morgan fingerprint density at radius 1 is 1.12 bits per heavy atom. The lowest BCUT2D eigenvalue weighted by atomic mass is 9.89. The highest BCUT2D eigenvalue weighted by Crippen LogP contribution is 2.25. The van der Waals surface area contributed by atoms with Gasteiger partial charge in [0.25, 0.3) is 15.9 Å². The van der Waals surface area contributed by atoms with Crippen molar-refractivity contribution in [2.24, 2.45) is 0 Å². The van der Waals surface area contributed by atoms with Crippen molar-refractivity contribution >= 4 is 15.9 Å². The summed E-state index contributed by atoms with van der Waals surface area (Å²) in [6.07, 6.45) is 4.63. The Balaban J connectivity index is 1.72. The fraction of sp³-hybridized carbons (Fsp3) is 0.389. The van der Waals surface area contributed by atoms with Gasteiger partial charge in [0.1, 0.15) is 0 Å². The molecule has 2 aromatic rings. The van der Waals surface area contributed by atoms with E-state index in [0.717, 1.165) is 18.4 Å². The molecule has 3 rings (SSSR count). The summed E-state index contributed by atoms with van der Waals surface area (Å²) in [4.78, 5) is 12.3. The average Bonchev–Trinajstić information content (AvgIpc) is 3.12. The van der Waals surface area contributed by atoms with Gasteiger partial charge in [0, 0.05) is 0 Å². The first-order valence-corrected chi connectivity index (χ1v) is 9.85. The van der Waals surface area contributed by atoms with Gasteiger partial charge in [-0.3, -0.25) is 4.79 Å². The molecule has 0 radical (unpaired) electrons. The molecular weight excluding hydrogens is 340 g/mol. The summed E-state index contributed by atoms with van der Waals surface area (Å²) < 4.78 is 30.7. The van der Waals surface area contributed by atoms with E-state index in [-0.39, 0.29) is 16.9 Å². The standard InChI is InChI=1S/C18H22N2O4S/c1-12(14-8-7-13-5-3-4-6-15(13)11-14)20-18(21)16-9-10-17(24-16)25(22,23)19-2/h7-12,19H,3-6H2,1-2H3,(H,20,21). The van der Waals surface area contributed by atoms with Crippen LogP contribution < -0.4 is 10.0 Å². The minimum Gasteiger partial charge on any atom is -0.438 e. The third-order valence-corrected chi connectivity index (χ3v) is 5.85. The summed E-state index contributed by atoms with van der Waals surface area (Å²) in [7, 11) is -2.41. The van der Waals surface area contributed by atoms with Crippen molar-refractivity contribution in [2.75, 3.05) is 7.05 Å². The second-order valence-corrected chi connectivity index (χ2v) is 8.07. The molecule has 1 atom stereocenters. The lowest BCUT2D eigenvalue weighted by Crippen LogP contribution is -2.26. The zero-order valence-electron chi connectivity index (χ0n) is 14.3. The molecule has 1 amide bonds. The van der Waals surface area contributed by atoms with E-state index < -0.39 is 15.9 Å². The Labute approximate surface area is 147 Å². The van der Waals surface area contributed by atoms with Crippen LogP contribution in [-0.4, -0.2) is 21.4 Å². The van der Waals surface area contributed by atoms with Gasteiger partial charge in [-0.1, -0.05) is 18.2 Å². The average molecular weight is 362 g/mol. The second kappa shape index (κ2) is 7.01. The molecule has 0 aliphatic heterocycles. The molecular formula is C18H22N2O4S. The molecule has 134 valence electrons. The van der Waals surface area contributed by atoms with E-state index in [1.807, 2.05) is 13.0 Å². The number of rotatable bonds is 5. The fourth-order valence-electron chi connectivity index (χ4n) is 3.06. The van der Waals surface area contributed by atoms with Crippen LogP contribution in [0.2, 0.25) is 0 Å². The third kappa shape index (κ3) is 3.77. The van der Waals surface area contributed by atoms with Crippen molar-refractivity contribution in [2.45, 2.75) is 43.7 Å². The van der Waals surface area contributed by atoms with Crippen molar-refractivity contribution < 1.29 is 17.6 Å². The highest BCUT2D eigenvalue weighted by molar-refractivity contribution is 7.89. The summed E-state index contributed by atoms with van der Waals surface area (Å²) in [5, 5.41) is 2.58. The summed E-state index contributed by atoms with van der Waals surface area (Å²) >= 11 is 0. The van der Waals surface area contributed by atoms with Gasteiger partial charge < -0.3 is 9.73 Å². The number of carbonyl (C=O) groups is 1. The largest absolute Gasteiger partial charge is 0.438 e. The molecule has 6 nitrogen and oxygen atoms in total. The smallest absolute Gasteiger partial charge is 0.287 e. The molecule has 1 heterocycles. The number of aryl methyl sites for hydroxylation is 2. The number of furan rings is 1. The SMILES string of the molecule is CNS(=O)(=O)c1ccc(C(=O)NC(C)c2ccc3c(c2)CCCC3)o1. The van der Waals surface area contributed by atoms with Crippen molar-refractivity contribution in [1.29, 1.82) is 0 Å². The molecule has 1 aromatic carbocycles. The number of amides is 1. The van der Waals surface area contributed by atoms with Gasteiger partial charge in [0.2, 0.25) is 5.09 Å². The van der Waals surface area contributed by atoms with Crippen LogP contribution in [0.4, 0.5) is 0 Å². The molecule has 1 unspecified atom stereocenters. The van der Waals surface area contributed by atoms with E-state index in [1.165, 1.54) is 43.1 Å². The lowest BCUT2D eigenvalue weighted by Gasteiger charge is -2.19. The Bertz CT molecular complexity index is 886. The molecule has 1 aromatic heterocycles. The van der Waals surface area contributed by atoms with E-state index in [1.54, 1.807) is 0 Å². The Kier molecular flexibility index (Phi) is 4.96. The van der Waals surface area contributed by atoms with Crippen LogP contribution in [0.3, 0.4) is 0 Å². The van der Waals surface area contributed by atoms with Gasteiger partial charge >= 0.3 is 0 Å². The van der Waals surface area contributed by atoms with Gasteiger partial charge in [-0.25, -0.2) is 13.1 Å². The topological polar surface area (TPSA) is 88.4 Å². The van der Waals surface area contributed by atoms with Crippen LogP contribution in [0.5, 0.6) is 0 Å². The summed E-state index contributed by atoms with van der Waals surface area (Å²) in [6, 6.07) is 8.75. The first-order chi connectivity index (χ1) is 11.9. The number of nitrogens with one attached hydrogen (secondary N) is 2. The molecule has 1 aliphatic carbocycles. The van der Waals surface area contributed by atoms with Gasteiger partial charge in [-0.05, 0) is 68.5 Å². The number of sulfonamides is 1.